The topological polar surface area (TPSA) is 110 Å². The van der Waals surface area contributed by atoms with Crippen LogP contribution in [0.15, 0.2) is 37.7 Å². The minimum atomic E-state index is -0.520. The van der Waals surface area contributed by atoms with Gasteiger partial charge in [-0.2, -0.15) is 4.98 Å². The fourth-order valence-corrected chi connectivity index (χ4v) is 5.16. The predicted octanol–water partition coefficient (Wildman–Crippen LogP) is 3.48. The van der Waals surface area contributed by atoms with Gasteiger partial charge in [0.25, 0.3) is 5.56 Å². The number of nitrogens with one attached hydrogen (secondary N) is 1. The Hall–Kier alpha value is -3.10. The molecule has 3 aliphatic rings. The summed E-state index contributed by atoms with van der Waals surface area (Å²) < 4.78 is 10.9. The van der Waals surface area contributed by atoms with Crippen molar-refractivity contribution in [1.29, 1.82) is 0 Å². The van der Waals surface area contributed by atoms with Crippen molar-refractivity contribution in [3.05, 3.63) is 44.9 Å². The molecule has 2 aromatic heterocycles. The largest absolute Gasteiger partial charge is 0.480 e. The number of nitrogens with zero attached hydrogens (tertiary/aromatic N) is 3. The van der Waals surface area contributed by atoms with Crippen LogP contribution in [0.5, 0.6) is 6.01 Å². The van der Waals surface area contributed by atoms with Gasteiger partial charge in [0, 0.05) is 12.1 Å². The molecule has 1 N–H and O–H groups in total. The maximum absolute atomic E-state index is 12.8. The fraction of sp³-hybridized carbons (Fsp3) is 0.583. The molecule has 176 valence electrons. The number of hydrogen-bond acceptors (Lipinski definition) is 8. The molecule has 1 saturated carbocycles. The minimum absolute atomic E-state index is 0.0150. The number of aromatic amines is 1. The molecule has 0 radical (unpaired) electrons. The highest BCUT2D eigenvalue weighted by Crippen LogP contribution is 2.37. The second-order valence-electron chi connectivity index (χ2n) is 9.17. The van der Waals surface area contributed by atoms with Crippen LogP contribution in [0.1, 0.15) is 63.9 Å². The number of hydrogen-bond donors (Lipinski definition) is 1. The molecule has 9 nitrogen and oxygen atoms in total. The summed E-state index contributed by atoms with van der Waals surface area (Å²) in [5.41, 5.74) is 0.606. The molecule has 0 spiro atoms. The van der Waals surface area contributed by atoms with Crippen molar-refractivity contribution >= 4 is 16.8 Å². The number of piperidine rings is 1. The number of aryl methyl sites for hydroxylation is 1. The van der Waals surface area contributed by atoms with E-state index in [0.717, 1.165) is 50.2 Å². The highest BCUT2D eigenvalue weighted by Gasteiger charge is 2.42. The van der Waals surface area contributed by atoms with Gasteiger partial charge in [-0.25, -0.2) is 4.79 Å². The summed E-state index contributed by atoms with van der Waals surface area (Å²) in [6.45, 7) is 6.57. The lowest BCUT2D eigenvalue weighted by atomic mass is 10.0. The zero-order valence-corrected chi connectivity index (χ0v) is 19.0. The van der Waals surface area contributed by atoms with Crippen LogP contribution in [0.2, 0.25) is 0 Å². The Labute approximate surface area is 191 Å². The van der Waals surface area contributed by atoms with Crippen molar-refractivity contribution in [3.63, 3.8) is 0 Å². The van der Waals surface area contributed by atoms with Crippen LogP contribution in [0.3, 0.4) is 0 Å². The van der Waals surface area contributed by atoms with Crippen molar-refractivity contribution in [3.8, 4) is 6.01 Å². The molecule has 2 unspecified atom stereocenters. The summed E-state index contributed by atoms with van der Waals surface area (Å²) in [6.07, 6.45) is 8.98. The summed E-state index contributed by atoms with van der Waals surface area (Å²) in [4.78, 5) is 39.5. The van der Waals surface area contributed by atoms with E-state index in [-0.39, 0.29) is 17.8 Å². The molecule has 33 heavy (non-hydrogen) atoms. The van der Waals surface area contributed by atoms with Gasteiger partial charge in [0.1, 0.15) is 5.39 Å². The highest BCUT2D eigenvalue weighted by molar-refractivity contribution is 5.90. The first kappa shape index (κ1) is 21.7. The first-order valence-electron chi connectivity index (χ1n) is 11.9. The van der Waals surface area contributed by atoms with Gasteiger partial charge in [0.05, 0.1) is 18.4 Å². The average molecular weight is 455 g/mol. The van der Waals surface area contributed by atoms with Gasteiger partial charge in [-0.05, 0) is 63.5 Å². The number of fused-ring (bicyclic) bond motifs is 3. The van der Waals surface area contributed by atoms with Gasteiger partial charge in [0.15, 0.2) is 5.88 Å². The molecule has 2 aliphatic heterocycles. The van der Waals surface area contributed by atoms with Crippen LogP contribution in [0.4, 0.5) is 0 Å². The third-order valence-electron chi connectivity index (χ3n) is 6.90. The third-order valence-corrected chi connectivity index (χ3v) is 6.90. The van der Waals surface area contributed by atoms with Crippen LogP contribution in [-0.2, 0) is 11.2 Å². The molecule has 2 saturated heterocycles. The molecule has 3 fully saturated rings. The van der Waals surface area contributed by atoms with E-state index in [1.165, 1.54) is 18.9 Å². The van der Waals surface area contributed by atoms with E-state index in [9.17, 15) is 9.59 Å². The molecule has 2 bridgehead atoms. The van der Waals surface area contributed by atoms with Gasteiger partial charge in [-0.1, -0.05) is 24.4 Å². The van der Waals surface area contributed by atoms with E-state index in [1.54, 1.807) is 0 Å². The van der Waals surface area contributed by atoms with Crippen LogP contribution < -0.4 is 16.0 Å². The molecular formula is C24H30N4O5. The number of ether oxygens (including phenoxy) is 1. The predicted molar refractivity (Wildman–Crippen MR) is 123 cm³/mol. The SMILES string of the molecule is C=C(OCC)N1C2CC/C(=N/Oc3nc4oc(=O)cc(CCCC5CC5)c4c(=O)[nH]3)C1CC2. The minimum Gasteiger partial charge on any atom is -0.480 e. The Bertz CT molecular complexity index is 1200. The van der Waals surface area contributed by atoms with Crippen LogP contribution in [-0.4, -0.2) is 39.3 Å². The molecule has 5 rings (SSSR count). The summed E-state index contributed by atoms with van der Waals surface area (Å²) in [5, 5.41) is 4.63. The summed E-state index contributed by atoms with van der Waals surface area (Å²) in [7, 11) is 0. The van der Waals surface area contributed by atoms with Gasteiger partial charge >= 0.3 is 11.6 Å². The van der Waals surface area contributed by atoms with E-state index < -0.39 is 11.2 Å². The first-order chi connectivity index (χ1) is 16.0. The standard InChI is InChI=1S/C24H30N4O5/c1-3-31-14(2)28-17-9-11-18(19(28)12-10-17)27-33-24-25-22(30)21-16(6-4-5-15-7-8-15)13-20(29)32-23(21)26-24/h13,15,17,19H,2-12H2,1H3,(H,25,26,30)/b27-18-. The lowest BCUT2D eigenvalue weighted by molar-refractivity contribution is 0.0941. The Morgan fingerprint density at radius 1 is 1.30 bits per heavy atom. The normalized spacial score (nSPS) is 23.3. The van der Waals surface area contributed by atoms with E-state index in [1.807, 2.05) is 6.92 Å². The van der Waals surface area contributed by atoms with Crippen molar-refractivity contribution in [1.82, 2.24) is 14.9 Å². The molecule has 4 heterocycles. The molecule has 9 heteroatoms. The maximum atomic E-state index is 12.8. The van der Waals surface area contributed by atoms with Crippen molar-refractivity contribution in [2.45, 2.75) is 76.8 Å². The van der Waals surface area contributed by atoms with Crippen molar-refractivity contribution in [2.75, 3.05) is 6.61 Å². The quantitative estimate of drug-likeness (QED) is 0.456. The lowest BCUT2D eigenvalue weighted by Gasteiger charge is -2.37. The molecule has 2 atom stereocenters. The first-order valence-corrected chi connectivity index (χ1v) is 11.9. The molecule has 1 aliphatic carbocycles. The zero-order chi connectivity index (χ0) is 22.9. The number of rotatable bonds is 9. The molecular weight excluding hydrogens is 424 g/mol. The van der Waals surface area contributed by atoms with Crippen LogP contribution in [0.25, 0.3) is 11.1 Å². The zero-order valence-electron chi connectivity index (χ0n) is 19.0. The van der Waals surface area contributed by atoms with E-state index in [2.05, 4.69) is 26.6 Å². The Morgan fingerprint density at radius 2 is 2.15 bits per heavy atom. The van der Waals surface area contributed by atoms with Crippen LogP contribution in [0, 0.1) is 5.92 Å². The Morgan fingerprint density at radius 3 is 2.94 bits per heavy atom. The van der Waals surface area contributed by atoms with Gasteiger partial charge in [0.2, 0.25) is 5.71 Å². The van der Waals surface area contributed by atoms with Gasteiger partial charge < -0.3 is 18.9 Å². The lowest BCUT2D eigenvalue weighted by Crippen LogP contribution is -2.45. The van der Waals surface area contributed by atoms with Gasteiger partial charge in [-0.3, -0.25) is 9.78 Å². The average Bonchev–Trinajstić information content (AvgIpc) is 3.54. The summed E-state index contributed by atoms with van der Waals surface area (Å²) >= 11 is 0. The number of oxime groups is 1. The Kier molecular flexibility index (Phi) is 5.95. The molecule has 0 aromatic carbocycles. The molecule has 2 aromatic rings. The monoisotopic (exact) mass is 454 g/mol. The van der Waals surface area contributed by atoms with Crippen molar-refractivity contribution < 1.29 is 14.0 Å². The third kappa shape index (κ3) is 4.54. The second kappa shape index (κ2) is 9.03. The van der Waals surface area contributed by atoms with Crippen molar-refractivity contribution in [2.24, 2.45) is 11.1 Å². The number of H-pyrrole nitrogens is 1. The van der Waals surface area contributed by atoms with E-state index in [4.69, 9.17) is 14.0 Å². The molecule has 0 amide bonds. The Balaban J connectivity index is 1.37. The van der Waals surface area contributed by atoms with Crippen LogP contribution >= 0.6 is 0 Å². The van der Waals surface area contributed by atoms with E-state index >= 15 is 0 Å². The van der Waals surface area contributed by atoms with E-state index in [0.29, 0.717) is 35.9 Å². The second-order valence-corrected chi connectivity index (χ2v) is 9.17. The maximum Gasteiger partial charge on any atom is 0.337 e. The summed E-state index contributed by atoms with van der Waals surface area (Å²) in [5.74, 6) is 1.45. The number of aromatic nitrogens is 2. The fourth-order valence-electron chi connectivity index (χ4n) is 5.16. The smallest absolute Gasteiger partial charge is 0.337 e. The summed E-state index contributed by atoms with van der Waals surface area (Å²) in [6, 6.07) is 1.77. The van der Waals surface area contributed by atoms with Gasteiger partial charge in [-0.15, -0.1) is 0 Å². The highest BCUT2D eigenvalue weighted by atomic mass is 16.6.